The van der Waals surface area contributed by atoms with Crippen molar-refractivity contribution in [1.82, 2.24) is 5.32 Å². The molecule has 2 heteroatoms. The Kier molecular flexibility index (Phi) is 3.96. The summed E-state index contributed by atoms with van der Waals surface area (Å²) in [7, 11) is 1.76. The summed E-state index contributed by atoms with van der Waals surface area (Å²) in [5.74, 6) is 0.796. The normalized spacial score (nSPS) is 33.2. The van der Waals surface area contributed by atoms with E-state index in [9.17, 15) is 0 Å². The maximum Gasteiger partial charge on any atom is 0.0613 e. The summed E-state index contributed by atoms with van der Waals surface area (Å²) in [6.45, 7) is 10.1. The summed E-state index contributed by atoms with van der Waals surface area (Å²) in [5.41, 5.74) is 0.518. The maximum absolute atomic E-state index is 5.14. The van der Waals surface area contributed by atoms with Gasteiger partial charge in [0.15, 0.2) is 0 Å². The molecule has 3 unspecified atom stereocenters. The molecule has 1 aliphatic carbocycles. The Balaban J connectivity index is 2.38. The van der Waals surface area contributed by atoms with Gasteiger partial charge >= 0.3 is 0 Å². The molecular weight excluding hydrogens is 174 g/mol. The van der Waals surface area contributed by atoms with Crippen LogP contribution in [0.3, 0.4) is 0 Å². The molecule has 1 aliphatic rings. The van der Waals surface area contributed by atoms with Gasteiger partial charge in [-0.05, 0) is 31.1 Å². The standard InChI is InChI=1S/C12H25NO/c1-9-6-12(3,4)7-11(9)13-10(2)8-14-5/h9-11,13H,6-8H2,1-5H3. The van der Waals surface area contributed by atoms with Gasteiger partial charge in [0.1, 0.15) is 0 Å². The molecule has 2 nitrogen and oxygen atoms in total. The Morgan fingerprint density at radius 2 is 2.07 bits per heavy atom. The van der Waals surface area contributed by atoms with Gasteiger partial charge in [0.2, 0.25) is 0 Å². The molecule has 1 N–H and O–H groups in total. The summed E-state index contributed by atoms with van der Waals surface area (Å²) in [5, 5.41) is 3.66. The largest absolute Gasteiger partial charge is 0.383 e. The third-order valence-electron chi connectivity index (χ3n) is 3.25. The summed E-state index contributed by atoms with van der Waals surface area (Å²) < 4.78 is 5.14. The molecule has 0 aliphatic heterocycles. The van der Waals surface area contributed by atoms with Crippen LogP contribution in [0.25, 0.3) is 0 Å². The molecule has 1 saturated carbocycles. The van der Waals surface area contributed by atoms with Crippen molar-refractivity contribution in [1.29, 1.82) is 0 Å². The van der Waals surface area contributed by atoms with Crippen molar-refractivity contribution in [2.75, 3.05) is 13.7 Å². The van der Waals surface area contributed by atoms with Crippen molar-refractivity contribution in [3.63, 3.8) is 0 Å². The van der Waals surface area contributed by atoms with Gasteiger partial charge in [-0.15, -0.1) is 0 Å². The topological polar surface area (TPSA) is 21.3 Å². The number of nitrogens with one attached hydrogen (secondary N) is 1. The summed E-state index contributed by atoms with van der Waals surface area (Å²) in [6, 6.07) is 1.15. The average molecular weight is 199 g/mol. The fourth-order valence-electron chi connectivity index (χ4n) is 2.78. The number of rotatable bonds is 4. The lowest BCUT2D eigenvalue weighted by Crippen LogP contribution is -2.40. The van der Waals surface area contributed by atoms with Crippen LogP contribution in [-0.2, 0) is 4.74 Å². The van der Waals surface area contributed by atoms with Crippen LogP contribution in [-0.4, -0.2) is 25.8 Å². The highest BCUT2D eigenvalue weighted by Crippen LogP contribution is 2.40. The van der Waals surface area contributed by atoms with Crippen LogP contribution >= 0.6 is 0 Å². The zero-order chi connectivity index (χ0) is 10.8. The lowest BCUT2D eigenvalue weighted by atomic mass is 9.91. The molecule has 0 aromatic rings. The van der Waals surface area contributed by atoms with E-state index < -0.39 is 0 Å². The molecule has 14 heavy (non-hydrogen) atoms. The van der Waals surface area contributed by atoms with Gasteiger partial charge < -0.3 is 10.1 Å². The molecule has 0 amide bonds. The van der Waals surface area contributed by atoms with E-state index in [1.807, 2.05) is 0 Å². The minimum Gasteiger partial charge on any atom is -0.383 e. The first-order valence-corrected chi connectivity index (χ1v) is 5.69. The molecule has 0 saturated heterocycles. The van der Waals surface area contributed by atoms with Crippen LogP contribution in [0.5, 0.6) is 0 Å². The maximum atomic E-state index is 5.14. The van der Waals surface area contributed by atoms with E-state index in [0.717, 1.165) is 12.5 Å². The fourth-order valence-corrected chi connectivity index (χ4v) is 2.78. The first kappa shape index (κ1) is 12.0. The lowest BCUT2D eigenvalue weighted by Gasteiger charge is -2.22. The number of hydrogen-bond acceptors (Lipinski definition) is 2. The van der Waals surface area contributed by atoms with Crippen molar-refractivity contribution in [3.05, 3.63) is 0 Å². The zero-order valence-electron chi connectivity index (χ0n) is 10.3. The highest BCUT2D eigenvalue weighted by molar-refractivity contribution is 4.92. The Bertz CT molecular complexity index is 179. The number of hydrogen-bond donors (Lipinski definition) is 1. The van der Waals surface area contributed by atoms with Crippen molar-refractivity contribution in [3.8, 4) is 0 Å². The molecule has 0 aromatic heterocycles. The van der Waals surface area contributed by atoms with Crippen molar-refractivity contribution < 1.29 is 4.74 Å². The van der Waals surface area contributed by atoms with Gasteiger partial charge in [0, 0.05) is 19.2 Å². The van der Waals surface area contributed by atoms with Gasteiger partial charge in [0.25, 0.3) is 0 Å². The molecule has 0 heterocycles. The Labute approximate surface area is 88.4 Å². The van der Waals surface area contributed by atoms with Crippen LogP contribution in [0, 0.1) is 11.3 Å². The minimum atomic E-state index is 0.473. The Morgan fingerprint density at radius 1 is 1.43 bits per heavy atom. The first-order chi connectivity index (χ1) is 6.44. The van der Waals surface area contributed by atoms with Crippen LogP contribution in [0.4, 0.5) is 0 Å². The smallest absolute Gasteiger partial charge is 0.0613 e. The molecule has 0 aromatic carbocycles. The summed E-state index contributed by atoms with van der Waals surface area (Å²) in [4.78, 5) is 0. The molecule has 0 bridgehead atoms. The molecule has 0 spiro atoms. The first-order valence-electron chi connectivity index (χ1n) is 5.69. The van der Waals surface area contributed by atoms with Crippen LogP contribution in [0.15, 0.2) is 0 Å². The minimum absolute atomic E-state index is 0.473. The summed E-state index contributed by atoms with van der Waals surface area (Å²) in [6.07, 6.45) is 2.63. The van der Waals surface area contributed by atoms with E-state index in [1.54, 1.807) is 7.11 Å². The van der Waals surface area contributed by atoms with Crippen molar-refractivity contribution >= 4 is 0 Å². The van der Waals surface area contributed by atoms with E-state index in [2.05, 4.69) is 33.0 Å². The fraction of sp³-hybridized carbons (Fsp3) is 1.00. The second-order valence-corrected chi connectivity index (χ2v) is 5.68. The van der Waals surface area contributed by atoms with Crippen molar-refractivity contribution in [2.24, 2.45) is 11.3 Å². The molecule has 84 valence electrons. The quantitative estimate of drug-likeness (QED) is 0.751. The summed E-state index contributed by atoms with van der Waals surface area (Å²) >= 11 is 0. The number of ether oxygens (including phenoxy) is 1. The Hall–Kier alpha value is -0.0800. The van der Waals surface area contributed by atoms with E-state index in [4.69, 9.17) is 4.74 Å². The van der Waals surface area contributed by atoms with Crippen molar-refractivity contribution in [2.45, 2.75) is 52.6 Å². The molecule has 1 rings (SSSR count). The third kappa shape index (κ3) is 3.25. The molecular formula is C12H25NO. The lowest BCUT2D eigenvalue weighted by molar-refractivity contribution is 0.163. The Morgan fingerprint density at radius 3 is 2.50 bits per heavy atom. The predicted octanol–water partition coefficient (Wildman–Crippen LogP) is 2.44. The zero-order valence-corrected chi connectivity index (χ0v) is 10.3. The van der Waals surface area contributed by atoms with Gasteiger partial charge in [-0.25, -0.2) is 0 Å². The van der Waals surface area contributed by atoms with Gasteiger partial charge in [0.05, 0.1) is 6.61 Å². The third-order valence-corrected chi connectivity index (χ3v) is 3.25. The molecule has 1 fully saturated rings. The second kappa shape index (κ2) is 4.63. The molecule has 3 atom stereocenters. The highest BCUT2D eigenvalue weighted by atomic mass is 16.5. The van der Waals surface area contributed by atoms with Gasteiger partial charge in [-0.1, -0.05) is 20.8 Å². The van der Waals surface area contributed by atoms with Gasteiger partial charge in [-0.2, -0.15) is 0 Å². The highest BCUT2D eigenvalue weighted by Gasteiger charge is 2.36. The van der Waals surface area contributed by atoms with Gasteiger partial charge in [-0.3, -0.25) is 0 Å². The second-order valence-electron chi connectivity index (χ2n) is 5.68. The van der Waals surface area contributed by atoms with Crippen LogP contribution in [0.2, 0.25) is 0 Å². The van der Waals surface area contributed by atoms with E-state index in [0.29, 0.717) is 17.5 Å². The van der Waals surface area contributed by atoms with E-state index >= 15 is 0 Å². The van der Waals surface area contributed by atoms with E-state index in [-0.39, 0.29) is 0 Å². The average Bonchev–Trinajstić information content (AvgIpc) is 2.25. The predicted molar refractivity (Wildman–Crippen MR) is 60.4 cm³/mol. The number of methoxy groups -OCH3 is 1. The molecule has 0 radical (unpaired) electrons. The van der Waals surface area contributed by atoms with Crippen LogP contribution in [0.1, 0.15) is 40.5 Å². The van der Waals surface area contributed by atoms with Crippen LogP contribution < -0.4 is 5.32 Å². The SMILES string of the molecule is COCC(C)NC1CC(C)(C)CC1C. The van der Waals surface area contributed by atoms with E-state index in [1.165, 1.54) is 12.8 Å². The monoisotopic (exact) mass is 199 g/mol.